The predicted octanol–water partition coefficient (Wildman–Crippen LogP) is 1.27. The maximum absolute atomic E-state index is 12.0. The lowest BCUT2D eigenvalue weighted by Gasteiger charge is -2.27. The molecule has 6 heteroatoms. The summed E-state index contributed by atoms with van der Waals surface area (Å²) in [5, 5.41) is 2.93. The molecule has 0 bridgehead atoms. The van der Waals surface area contributed by atoms with Gasteiger partial charge in [-0.3, -0.25) is 0 Å². The van der Waals surface area contributed by atoms with E-state index in [2.05, 4.69) is 10.1 Å². The molecule has 0 saturated carbocycles. The Kier molecular flexibility index (Phi) is 4.81. The highest BCUT2D eigenvalue weighted by atomic mass is 16.5. The minimum Gasteiger partial charge on any atom is -0.453 e. The zero-order valence-electron chi connectivity index (χ0n) is 11.7. The van der Waals surface area contributed by atoms with Crippen molar-refractivity contribution in [2.45, 2.75) is 32.7 Å². The van der Waals surface area contributed by atoms with Gasteiger partial charge in [-0.15, -0.1) is 0 Å². The molecule has 1 heterocycles. The number of nitrogens with one attached hydrogen (secondary N) is 1. The fraction of sp³-hybridized carbons (Fsp3) is 0.833. The minimum absolute atomic E-state index is 0.0748. The number of urea groups is 1. The third-order valence-electron chi connectivity index (χ3n) is 2.70. The number of carbonyl (C=O) groups excluding carboxylic acids is 2. The van der Waals surface area contributed by atoms with Gasteiger partial charge in [0.1, 0.15) is 0 Å². The number of hydrogen-bond acceptors (Lipinski definition) is 3. The summed E-state index contributed by atoms with van der Waals surface area (Å²) in [6.45, 7) is 8.19. The zero-order valence-corrected chi connectivity index (χ0v) is 11.7. The molecule has 0 unspecified atom stereocenters. The van der Waals surface area contributed by atoms with Crippen molar-refractivity contribution in [3.63, 3.8) is 0 Å². The van der Waals surface area contributed by atoms with E-state index in [0.717, 1.165) is 6.42 Å². The van der Waals surface area contributed by atoms with Crippen molar-refractivity contribution < 1.29 is 14.3 Å². The smallest absolute Gasteiger partial charge is 0.409 e. The topological polar surface area (TPSA) is 61.9 Å². The highest BCUT2D eigenvalue weighted by Crippen LogP contribution is 2.07. The average Bonchev–Trinajstić information content (AvgIpc) is 2.51. The van der Waals surface area contributed by atoms with Crippen LogP contribution in [0.25, 0.3) is 0 Å². The fourth-order valence-corrected chi connectivity index (χ4v) is 1.83. The van der Waals surface area contributed by atoms with Crippen LogP contribution in [0.2, 0.25) is 0 Å². The van der Waals surface area contributed by atoms with Crippen molar-refractivity contribution in [3.05, 3.63) is 0 Å². The van der Waals surface area contributed by atoms with Crippen LogP contribution in [0.1, 0.15) is 27.2 Å². The summed E-state index contributed by atoms with van der Waals surface area (Å²) in [5.74, 6) is 0. The molecule has 1 N–H and O–H groups in total. The van der Waals surface area contributed by atoms with E-state index in [1.165, 1.54) is 7.11 Å². The Morgan fingerprint density at radius 1 is 1.06 bits per heavy atom. The van der Waals surface area contributed by atoms with E-state index in [1.807, 2.05) is 20.8 Å². The predicted molar refractivity (Wildman–Crippen MR) is 68.5 cm³/mol. The highest BCUT2D eigenvalue weighted by molar-refractivity contribution is 5.75. The van der Waals surface area contributed by atoms with Crippen LogP contribution < -0.4 is 5.32 Å². The number of ether oxygens (including phenoxy) is 1. The second-order valence-corrected chi connectivity index (χ2v) is 5.48. The maximum atomic E-state index is 12.0. The second-order valence-electron chi connectivity index (χ2n) is 5.48. The second kappa shape index (κ2) is 5.93. The average molecular weight is 257 g/mol. The van der Waals surface area contributed by atoms with Crippen molar-refractivity contribution in [1.29, 1.82) is 0 Å². The quantitative estimate of drug-likeness (QED) is 0.711. The van der Waals surface area contributed by atoms with Gasteiger partial charge in [0, 0.05) is 31.7 Å². The van der Waals surface area contributed by atoms with Crippen molar-refractivity contribution in [3.8, 4) is 0 Å². The summed E-state index contributed by atoms with van der Waals surface area (Å²) in [6.07, 6.45) is 0.445. The molecule has 3 amide bonds. The maximum Gasteiger partial charge on any atom is 0.409 e. The summed E-state index contributed by atoms with van der Waals surface area (Å²) in [6, 6.07) is -0.0748. The van der Waals surface area contributed by atoms with Crippen LogP contribution >= 0.6 is 0 Å². The number of rotatable bonds is 0. The Hall–Kier alpha value is -1.46. The van der Waals surface area contributed by atoms with Crippen LogP contribution in [0.5, 0.6) is 0 Å². The molecule has 6 nitrogen and oxygen atoms in total. The van der Waals surface area contributed by atoms with Crippen molar-refractivity contribution in [1.82, 2.24) is 15.1 Å². The molecule has 1 aliphatic rings. The Morgan fingerprint density at radius 3 is 2.17 bits per heavy atom. The lowest BCUT2D eigenvalue weighted by molar-refractivity contribution is 0.124. The Morgan fingerprint density at radius 2 is 1.61 bits per heavy atom. The van der Waals surface area contributed by atoms with E-state index in [4.69, 9.17) is 0 Å². The van der Waals surface area contributed by atoms with E-state index in [9.17, 15) is 9.59 Å². The van der Waals surface area contributed by atoms with Gasteiger partial charge < -0.3 is 19.9 Å². The first-order valence-corrected chi connectivity index (χ1v) is 6.23. The SMILES string of the molecule is COC(=O)N1CCCN(C(=O)NC(C)(C)C)CC1. The molecular weight excluding hydrogens is 234 g/mol. The lowest BCUT2D eigenvalue weighted by Crippen LogP contribution is -2.49. The first-order valence-electron chi connectivity index (χ1n) is 6.23. The summed E-state index contributed by atoms with van der Waals surface area (Å²) in [5.41, 5.74) is -0.245. The monoisotopic (exact) mass is 257 g/mol. The van der Waals surface area contributed by atoms with E-state index < -0.39 is 0 Å². The van der Waals surface area contributed by atoms with E-state index in [1.54, 1.807) is 9.80 Å². The summed E-state index contributed by atoms with van der Waals surface area (Å²) in [4.78, 5) is 26.8. The zero-order chi connectivity index (χ0) is 13.8. The number of nitrogens with zero attached hydrogens (tertiary/aromatic N) is 2. The third kappa shape index (κ3) is 4.43. The van der Waals surface area contributed by atoms with E-state index >= 15 is 0 Å². The van der Waals surface area contributed by atoms with Gasteiger partial charge >= 0.3 is 12.1 Å². The van der Waals surface area contributed by atoms with Gasteiger partial charge in [-0.1, -0.05) is 0 Å². The molecule has 18 heavy (non-hydrogen) atoms. The van der Waals surface area contributed by atoms with Gasteiger partial charge in [0.05, 0.1) is 7.11 Å². The molecule has 0 aromatic heterocycles. The number of carbonyl (C=O) groups is 2. The van der Waals surface area contributed by atoms with Crippen LogP contribution in [0, 0.1) is 0 Å². The van der Waals surface area contributed by atoms with E-state index in [-0.39, 0.29) is 17.7 Å². The van der Waals surface area contributed by atoms with Gasteiger partial charge in [-0.2, -0.15) is 0 Å². The molecule has 1 saturated heterocycles. The van der Waals surface area contributed by atoms with Gasteiger partial charge in [0.2, 0.25) is 0 Å². The molecule has 0 aromatic rings. The summed E-state index contributed by atoms with van der Waals surface area (Å²) >= 11 is 0. The van der Waals surface area contributed by atoms with Gasteiger partial charge in [0.15, 0.2) is 0 Å². The van der Waals surface area contributed by atoms with Gasteiger partial charge in [0.25, 0.3) is 0 Å². The highest BCUT2D eigenvalue weighted by Gasteiger charge is 2.24. The van der Waals surface area contributed by atoms with Crippen LogP contribution in [-0.4, -0.2) is 60.8 Å². The molecule has 0 aromatic carbocycles. The number of methoxy groups -OCH3 is 1. The third-order valence-corrected chi connectivity index (χ3v) is 2.70. The van der Waals surface area contributed by atoms with Crippen molar-refractivity contribution in [2.75, 3.05) is 33.3 Å². The Labute approximate surface area is 108 Å². The van der Waals surface area contributed by atoms with E-state index in [0.29, 0.717) is 26.2 Å². The first kappa shape index (κ1) is 14.6. The Bertz CT molecular complexity index is 312. The molecule has 1 fully saturated rings. The standard InChI is InChI=1S/C12H23N3O3/c1-12(2,3)13-10(16)14-6-5-7-15(9-8-14)11(17)18-4/h5-9H2,1-4H3,(H,13,16). The van der Waals surface area contributed by atoms with Gasteiger partial charge in [-0.05, 0) is 27.2 Å². The van der Waals surface area contributed by atoms with Crippen LogP contribution in [-0.2, 0) is 4.74 Å². The molecule has 1 rings (SSSR count). The largest absolute Gasteiger partial charge is 0.453 e. The first-order chi connectivity index (χ1) is 8.33. The molecule has 1 aliphatic heterocycles. The van der Waals surface area contributed by atoms with Gasteiger partial charge in [-0.25, -0.2) is 9.59 Å². The molecule has 0 radical (unpaired) electrons. The van der Waals surface area contributed by atoms with Crippen LogP contribution in [0.15, 0.2) is 0 Å². The fourth-order valence-electron chi connectivity index (χ4n) is 1.83. The molecule has 0 spiro atoms. The van der Waals surface area contributed by atoms with Crippen molar-refractivity contribution in [2.24, 2.45) is 0 Å². The number of amides is 3. The Balaban J connectivity index is 2.51. The lowest BCUT2D eigenvalue weighted by atomic mass is 10.1. The molecule has 0 aliphatic carbocycles. The van der Waals surface area contributed by atoms with Crippen LogP contribution in [0.3, 0.4) is 0 Å². The normalized spacial score (nSPS) is 17.1. The number of hydrogen-bond donors (Lipinski definition) is 1. The minimum atomic E-state index is -0.326. The summed E-state index contributed by atoms with van der Waals surface area (Å²) < 4.78 is 4.69. The summed E-state index contributed by atoms with van der Waals surface area (Å²) in [7, 11) is 1.37. The molecular formula is C12H23N3O3. The van der Waals surface area contributed by atoms with Crippen LogP contribution in [0.4, 0.5) is 9.59 Å². The van der Waals surface area contributed by atoms with Crippen molar-refractivity contribution >= 4 is 12.1 Å². The molecule has 0 atom stereocenters. The molecule has 104 valence electrons.